The summed E-state index contributed by atoms with van der Waals surface area (Å²) < 4.78 is 7.55. The quantitative estimate of drug-likeness (QED) is 0.554. The summed E-state index contributed by atoms with van der Waals surface area (Å²) in [5, 5.41) is 1.74. The van der Waals surface area contributed by atoms with Gasteiger partial charge < -0.3 is 9.30 Å². The van der Waals surface area contributed by atoms with Crippen LogP contribution in [0.3, 0.4) is 0 Å². The lowest BCUT2D eigenvalue weighted by molar-refractivity contribution is -0.146. The standard InChI is InChI=1S/C16H16BrNO4S/c1-10-9-23-16(21)18(10)8-7-14(19)22-11(2)15(20)12-3-5-13(17)6-4-12/h3-6,9,11H,7-8H2,1-2H3/t11-/m0/s1. The summed E-state index contributed by atoms with van der Waals surface area (Å²) in [4.78, 5) is 35.5. The maximum atomic E-state index is 12.2. The Morgan fingerprint density at radius 1 is 1.30 bits per heavy atom. The number of aryl methyl sites for hydroxylation is 1. The Kier molecular flexibility index (Phi) is 5.90. The SMILES string of the molecule is Cc1csc(=O)n1CCC(=O)O[C@@H](C)C(=O)c1ccc(Br)cc1. The first-order chi connectivity index (χ1) is 10.9. The van der Waals surface area contributed by atoms with Crippen molar-refractivity contribution in [3.8, 4) is 0 Å². The molecule has 1 heterocycles. The summed E-state index contributed by atoms with van der Waals surface area (Å²) in [5.41, 5.74) is 1.30. The first-order valence-corrected chi connectivity index (χ1v) is 8.70. The molecule has 23 heavy (non-hydrogen) atoms. The summed E-state index contributed by atoms with van der Waals surface area (Å²) in [6.07, 6.45) is -0.806. The number of thiazole rings is 1. The zero-order valence-corrected chi connectivity index (χ0v) is 15.1. The van der Waals surface area contributed by atoms with Crippen molar-refractivity contribution < 1.29 is 14.3 Å². The molecule has 2 rings (SSSR count). The molecular formula is C16H16BrNO4S. The number of esters is 1. The van der Waals surface area contributed by atoms with Crippen LogP contribution in [-0.4, -0.2) is 22.4 Å². The van der Waals surface area contributed by atoms with E-state index >= 15 is 0 Å². The van der Waals surface area contributed by atoms with Crippen molar-refractivity contribution in [2.45, 2.75) is 32.9 Å². The predicted octanol–water partition coefficient (Wildman–Crippen LogP) is 3.19. The van der Waals surface area contributed by atoms with Gasteiger partial charge in [0.15, 0.2) is 6.10 Å². The van der Waals surface area contributed by atoms with Crippen molar-refractivity contribution in [2.75, 3.05) is 0 Å². The Balaban J connectivity index is 1.90. The number of halogens is 1. The summed E-state index contributed by atoms with van der Waals surface area (Å²) >= 11 is 4.40. The summed E-state index contributed by atoms with van der Waals surface area (Å²) in [6.45, 7) is 3.61. The molecule has 0 spiro atoms. The highest BCUT2D eigenvalue weighted by atomic mass is 79.9. The Labute approximate surface area is 146 Å². The normalized spacial score (nSPS) is 12.0. The largest absolute Gasteiger partial charge is 0.454 e. The summed E-state index contributed by atoms with van der Waals surface area (Å²) in [7, 11) is 0. The molecule has 0 unspecified atom stereocenters. The van der Waals surface area contributed by atoms with E-state index in [-0.39, 0.29) is 23.6 Å². The molecule has 0 amide bonds. The number of aromatic nitrogens is 1. The molecule has 5 nitrogen and oxygen atoms in total. The van der Waals surface area contributed by atoms with Gasteiger partial charge >= 0.3 is 10.8 Å². The molecule has 0 saturated carbocycles. The third-order valence-corrected chi connectivity index (χ3v) is 4.73. The zero-order valence-electron chi connectivity index (χ0n) is 12.7. The van der Waals surface area contributed by atoms with Gasteiger partial charge in [0.05, 0.1) is 6.42 Å². The van der Waals surface area contributed by atoms with Gasteiger partial charge in [0.2, 0.25) is 5.78 Å². The number of carbonyl (C=O) groups excluding carboxylic acids is 2. The average molecular weight is 398 g/mol. The number of nitrogens with zero attached hydrogens (tertiary/aromatic N) is 1. The second-order valence-corrected chi connectivity index (χ2v) is 6.78. The number of ketones is 1. The monoisotopic (exact) mass is 397 g/mol. The first kappa shape index (κ1) is 17.6. The van der Waals surface area contributed by atoms with Gasteiger partial charge in [0.1, 0.15) is 0 Å². The molecule has 1 aromatic heterocycles. The van der Waals surface area contributed by atoms with Gasteiger partial charge in [-0.05, 0) is 26.0 Å². The van der Waals surface area contributed by atoms with Crippen LogP contribution in [-0.2, 0) is 16.1 Å². The van der Waals surface area contributed by atoms with Gasteiger partial charge in [-0.1, -0.05) is 39.4 Å². The van der Waals surface area contributed by atoms with Crippen LogP contribution in [0.15, 0.2) is 38.9 Å². The number of rotatable bonds is 6. The predicted molar refractivity (Wildman–Crippen MR) is 92.0 cm³/mol. The highest BCUT2D eigenvalue weighted by Gasteiger charge is 2.19. The van der Waals surface area contributed by atoms with Crippen molar-refractivity contribution in [2.24, 2.45) is 0 Å². The second-order valence-electron chi connectivity index (χ2n) is 5.05. The van der Waals surface area contributed by atoms with Gasteiger partial charge in [-0.3, -0.25) is 14.4 Å². The minimum absolute atomic E-state index is 0.0510. The minimum atomic E-state index is -0.857. The van der Waals surface area contributed by atoms with E-state index in [1.165, 1.54) is 4.57 Å². The van der Waals surface area contributed by atoms with Gasteiger partial charge in [0, 0.05) is 27.7 Å². The lowest BCUT2D eigenvalue weighted by Gasteiger charge is -2.12. The third kappa shape index (κ3) is 4.62. The summed E-state index contributed by atoms with van der Waals surface area (Å²) in [5.74, 6) is -0.754. The highest BCUT2D eigenvalue weighted by molar-refractivity contribution is 9.10. The molecule has 2 aromatic rings. The number of hydrogen-bond donors (Lipinski definition) is 0. The van der Waals surface area contributed by atoms with E-state index in [9.17, 15) is 14.4 Å². The molecule has 0 radical (unpaired) electrons. The molecule has 0 aliphatic heterocycles. The van der Waals surface area contributed by atoms with Crippen molar-refractivity contribution in [3.63, 3.8) is 0 Å². The lowest BCUT2D eigenvalue weighted by atomic mass is 10.1. The average Bonchev–Trinajstić information content (AvgIpc) is 2.84. The van der Waals surface area contributed by atoms with E-state index in [1.54, 1.807) is 36.6 Å². The van der Waals surface area contributed by atoms with E-state index in [0.29, 0.717) is 5.56 Å². The smallest absolute Gasteiger partial charge is 0.308 e. The molecule has 122 valence electrons. The van der Waals surface area contributed by atoms with Crippen molar-refractivity contribution >= 4 is 39.0 Å². The van der Waals surface area contributed by atoms with Gasteiger partial charge in [0.25, 0.3) is 0 Å². The number of hydrogen-bond acceptors (Lipinski definition) is 5. The van der Waals surface area contributed by atoms with Crippen LogP contribution >= 0.6 is 27.3 Å². The third-order valence-electron chi connectivity index (χ3n) is 3.32. The van der Waals surface area contributed by atoms with Crippen molar-refractivity contribution in [1.29, 1.82) is 0 Å². The molecule has 7 heteroatoms. The molecule has 0 bridgehead atoms. The van der Waals surface area contributed by atoms with Gasteiger partial charge in [-0.15, -0.1) is 0 Å². The fraction of sp³-hybridized carbons (Fsp3) is 0.312. The fourth-order valence-electron chi connectivity index (χ4n) is 2.04. The first-order valence-electron chi connectivity index (χ1n) is 7.02. The Morgan fingerprint density at radius 2 is 1.96 bits per heavy atom. The van der Waals surface area contributed by atoms with Crippen LogP contribution in [0.2, 0.25) is 0 Å². The Morgan fingerprint density at radius 3 is 2.52 bits per heavy atom. The number of Topliss-reactive ketones (excluding diaryl/α,β-unsaturated/α-hetero) is 1. The van der Waals surface area contributed by atoms with E-state index in [2.05, 4.69) is 15.9 Å². The van der Waals surface area contributed by atoms with Gasteiger partial charge in [-0.2, -0.15) is 0 Å². The second kappa shape index (κ2) is 7.70. The molecule has 0 saturated heterocycles. The molecular weight excluding hydrogens is 382 g/mol. The fourth-order valence-corrected chi connectivity index (χ4v) is 3.06. The van der Waals surface area contributed by atoms with Crippen LogP contribution in [0.4, 0.5) is 0 Å². The zero-order chi connectivity index (χ0) is 17.0. The maximum absolute atomic E-state index is 12.2. The summed E-state index contributed by atoms with van der Waals surface area (Å²) in [6, 6.07) is 6.86. The van der Waals surface area contributed by atoms with Crippen LogP contribution in [0.25, 0.3) is 0 Å². The van der Waals surface area contributed by atoms with E-state index in [1.807, 2.05) is 6.92 Å². The lowest BCUT2D eigenvalue weighted by Crippen LogP contribution is -2.26. The van der Waals surface area contributed by atoms with Crippen LogP contribution < -0.4 is 4.87 Å². The number of ether oxygens (including phenoxy) is 1. The molecule has 0 fully saturated rings. The van der Waals surface area contributed by atoms with Crippen molar-refractivity contribution in [1.82, 2.24) is 4.57 Å². The number of benzene rings is 1. The van der Waals surface area contributed by atoms with E-state index in [0.717, 1.165) is 21.5 Å². The molecule has 0 aliphatic carbocycles. The van der Waals surface area contributed by atoms with Crippen LogP contribution in [0.5, 0.6) is 0 Å². The molecule has 0 aliphatic rings. The van der Waals surface area contributed by atoms with Crippen molar-refractivity contribution in [3.05, 3.63) is 55.0 Å². The Hall–Kier alpha value is -1.73. The van der Waals surface area contributed by atoms with E-state index in [4.69, 9.17) is 4.74 Å². The maximum Gasteiger partial charge on any atom is 0.308 e. The topological polar surface area (TPSA) is 65.4 Å². The van der Waals surface area contributed by atoms with E-state index < -0.39 is 12.1 Å². The number of carbonyl (C=O) groups is 2. The molecule has 1 atom stereocenters. The van der Waals surface area contributed by atoms with Crippen LogP contribution in [0.1, 0.15) is 29.4 Å². The minimum Gasteiger partial charge on any atom is -0.454 e. The highest BCUT2D eigenvalue weighted by Crippen LogP contribution is 2.13. The van der Waals surface area contributed by atoms with Crippen LogP contribution in [0, 0.1) is 6.92 Å². The molecule has 0 N–H and O–H groups in total. The van der Waals surface area contributed by atoms with Gasteiger partial charge in [-0.25, -0.2) is 0 Å². The molecule has 1 aromatic carbocycles. The Bertz CT molecular complexity index is 763.